The third-order valence-electron chi connectivity index (χ3n) is 3.38. The van der Waals surface area contributed by atoms with Gasteiger partial charge in [-0.3, -0.25) is 24.3 Å². The molecular formula is C15H14BrN3O4. The van der Waals surface area contributed by atoms with Gasteiger partial charge in [0.2, 0.25) is 5.91 Å². The lowest BCUT2D eigenvalue weighted by Crippen LogP contribution is -2.33. The van der Waals surface area contributed by atoms with Gasteiger partial charge in [0.25, 0.3) is 0 Å². The second kappa shape index (κ2) is 6.74. The molecule has 1 aromatic carbocycles. The second-order valence-electron chi connectivity index (χ2n) is 4.96. The van der Waals surface area contributed by atoms with Gasteiger partial charge in [-0.05, 0) is 44.2 Å². The fraction of sp³-hybridized carbons (Fsp3) is 0.200. The first-order chi connectivity index (χ1) is 10.8. The highest BCUT2D eigenvalue weighted by molar-refractivity contribution is 9.10. The van der Waals surface area contributed by atoms with Crippen LogP contribution < -0.4 is 10.9 Å². The van der Waals surface area contributed by atoms with Crippen molar-refractivity contribution in [3.8, 4) is 0 Å². The van der Waals surface area contributed by atoms with Crippen LogP contribution >= 0.6 is 15.9 Å². The summed E-state index contributed by atoms with van der Waals surface area (Å²) < 4.78 is 1.99. The van der Waals surface area contributed by atoms with E-state index in [4.69, 9.17) is 0 Å². The molecule has 2 aromatic rings. The summed E-state index contributed by atoms with van der Waals surface area (Å²) in [6.45, 7) is 3.14. The Morgan fingerprint density at radius 1 is 1.26 bits per heavy atom. The highest BCUT2D eigenvalue weighted by Gasteiger charge is 2.23. The van der Waals surface area contributed by atoms with E-state index < -0.39 is 28.1 Å². The van der Waals surface area contributed by atoms with Crippen molar-refractivity contribution in [2.75, 3.05) is 5.32 Å². The van der Waals surface area contributed by atoms with Gasteiger partial charge in [-0.1, -0.05) is 15.9 Å². The molecule has 0 aliphatic carbocycles. The van der Waals surface area contributed by atoms with E-state index in [1.807, 2.05) is 0 Å². The number of nitro groups is 1. The number of amides is 1. The van der Waals surface area contributed by atoms with E-state index in [-0.39, 0.29) is 0 Å². The lowest BCUT2D eigenvalue weighted by molar-refractivity contribution is -0.386. The largest absolute Gasteiger partial charge is 0.334 e. The number of pyridine rings is 1. The Morgan fingerprint density at radius 3 is 2.43 bits per heavy atom. The molecule has 8 heteroatoms. The van der Waals surface area contributed by atoms with Crippen LogP contribution in [0.15, 0.2) is 45.7 Å². The Hall–Kier alpha value is -2.48. The topological polar surface area (TPSA) is 94.2 Å². The van der Waals surface area contributed by atoms with Crippen molar-refractivity contribution in [1.82, 2.24) is 4.57 Å². The number of aromatic nitrogens is 1. The molecule has 0 fully saturated rings. The Morgan fingerprint density at radius 2 is 1.87 bits per heavy atom. The highest BCUT2D eigenvalue weighted by Crippen LogP contribution is 2.17. The van der Waals surface area contributed by atoms with Crippen LogP contribution in [0.4, 0.5) is 11.4 Å². The maximum atomic E-state index is 12.3. The van der Waals surface area contributed by atoms with Crippen LogP contribution in [0.3, 0.4) is 0 Å². The minimum Gasteiger partial charge on any atom is -0.324 e. The van der Waals surface area contributed by atoms with Crippen LogP contribution in [0.25, 0.3) is 0 Å². The van der Waals surface area contributed by atoms with Crippen molar-refractivity contribution in [3.63, 3.8) is 0 Å². The van der Waals surface area contributed by atoms with E-state index in [1.165, 1.54) is 13.0 Å². The van der Waals surface area contributed by atoms with Crippen molar-refractivity contribution in [1.29, 1.82) is 0 Å². The third kappa shape index (κ3) is 3.65. The third-order valence-corrected chi connectivity index (χ3v) is 3.90. The summed E-state index contributed by atoms with van der Waals surface area (Å²) in [5.41, 5.74) is -0.312. The molecule has 1 heterocycles. The van der Waals surface area contributed by atoms with Gasteiger partial charge in [0, 0.05) is 21.9 Å². The van der Waals surface area contributed by atoms with Crippen LogP contribution in [0, 0.1) is 17.0 Å². The normalized spacial score (nSPS) is 11.8. The number of aryl methyl sites for hydroxylation is 1. The molecule has 0 radical (unpaired) electrons. The molecule has 120 valence electrons. The summed E-state index contributed by atoms with van der Waals surface area (Å²) in [6, 6.07) is 8.66. The van der Waals surface area contributed by atoms with Crippen LogP contribution in [0.2, 0.25) is 0 Å². The molecule has 7 nitrogen and oxygen atoms in total. The molecule has 0 spiro atoms. The molecule has 0 saturated heterocycles. The minimum absolute atomic E-state index is 0.432. The average molecular weight is 380 g/mol. The number of nitrogens with one attached hydrogen (secondary N) is 1. The smallest absolute Gasteiger partial charge is 0.324 e. The summed E-state index contributed by atoms with van der Waals surface area (Å²) in [5, 5.41) is 13.6. The minimum atomic E-state index is -0.883. The first-order valence-electron chi connectivity index (χ1n) is 6.74. The molecule has 1 N–H and O–H groups in total. The fourth-order valence-electron chi connectivity index (χ4n) is 2.15. The molecule has 1 atom stereocenters. The number of carbonyl (C=O) groups is 1. The van der Waals surface area contributed by atoms with Crippen molar-refractivity contribution in [2.24, 2.45) is 0 Å². The number of hydrogen-bond acceptors (Lipinski definition) is 4. The van der Waals surface area contributed by atoms with E-state index in [9.17, 15) is 19.7 Å². The maximum Gasteiger partial charge on any atom is 0.334 e. The van der Waals surface area contributed by atoms with E-state index in [1.54, 1.807) is 31.2 Å². The molecule has 23 heavy (non-hydrogen) atoms. The zero-order chi connectivity index (χ0) is 17.1. The first kappa shape index (κ1) is 16.9. The van der Waals surface area contributed by atoms with Gasteiger partial charge in [0.1, 0.15) is 6.04 Å². The van der Waals surface area contributed by atoms with Crippen molar-refractivity contribution < 1.29 is 9.72 Å². The number of carbonyl (C=O) groups excluding carboxylic acids is 1. The Kier molecular flexibility index (Phi) is 4.95. The molecule has 0 saturated carbocycles. The summed E-state index contributed by atoms with van der Waals surface area (Å²) in [7, 11) is 0. The molecule has 1 unspecified atom stereocenters. The number of rotatable bonds is 4. The van der Waals surface area contributed by atoms with Crippen molar-refractivity contribution >= 4 is 33.2 Å². The molecule has 2 rings (SSSR count). The van der Waals surface area contributed by atoms with Gasteiger partial charge in [0.05, 0.1) is 4.92 Å². The van der Waals surface area contributed by atoms with Crippen LogP contribution in [0.5, 0.6) is 0 Å². The van der Waals surface area contributed by atoms with Crippen LogP contribution in [-0.4, -0.2) is 15.4 Å². The number of hydrogen-bond donors (Lipinski definition) is 1. The predicted molar refractivity (Wildman–Crippen MR) is 89.6 cm³/mol. The summed E-state index contributed by atoms with van der Waals surface area (Å²) in [5.74, 6) is -0.432. The molecule has 0 bridgehead atoms. The van der Waals surface area contributed by atoms with E-state index in [0.717, 1.165) is 15.1 Å². The fourth-order valence-corrected chi connectivity index (χ4v) is 2.42. The van der Waals surface area contributed by atoms with Crippen LogP contribution in [-0.2, 0) is 4.79 Å². The maximum absolute atomic E-state index is 12.3. The monoisotopic (exact) mass is 379 g/mol. The predicted octanol–water partition coefficient (Wildman–Crippen LogP) is 3.03. The number of anilines is 1. The van der Waals surface area contributed by atoms with Crippen LogP contribution in [0.1, 0.15) is 18.7 Å². The Balaban J connectivity index is 2.32. The lowest BCUT2D eigenvalue weighted by Gasteiger charge is -2.17. The molecule has 1 aromatic heterocycles. The van der Waals surface area contributed by atoms with Gasteiger partial charge in [-0.15, -0.1) is 0 Å². The molecule has 1 amide bonds. The lowest BCUT2D eigenvalue weighted by atomic mass is 10.2. The standard InChI is InChI=1S/C15H14BrN3O4/c1-9-3-8-13(19(22)23)15(21)18(9)10(2)14(20)17-12-6-4-11(16)5-7-12/h3-8,10H,1-2H3,(H,17,20). The SMILES string of the molecule is Cc1ccc([N+](=O)[O-])c(=O)n1C(C)C(=O)Nc1ccc(Br)cc1. The quantitative estimate of drug-likeness (QED) is 0.652. The van der Waals surface area contributed by atoms with Gasteiger partial charge in [0.15, 0.2) is 0 Å². The average Bonchev–Trinajstić information content (AvgIpc) is 2.49. The summed E-state index contributed by atoms with van der Waals surface area (Å²) in [6.07, 6.45) is 0. The zero-order valence-electron chi connectivity index (χ0n) is 12.4. The molecular weight excluding hydrogens is 366 g/mol. The number of benzene rings is 1. The Bertz CT molecular complexity index is 814. The second-order valence-corrected chi connectivity index (χ2v) is 5.88. The first-order valence-corrected chi connectivity index (χ1v) is 7.53. The molecule has 0 aliphatic rings. The Labute approximate surface area is 140 Å². The number of halogens is 1. The number of nitrogens with zero attached hydrogens (tertiary/aromatic N) is 2. The van der Waals surface area contributed by atoms with Gasteiger partial charge < -0.3 is 5.32 Å². The van der Waals surface area contributed by atoms with Crippen molar-refractivity contribution in [2.45, 2.75) is 19.9 Å². The van der Waals surface area contributed by atoms with E-state index in [2.05, 4.69) is 21.2 Å². The molecule has 0 aliphatic heterocycles. The highest BCUT2D eigenvalue weighted by atomic mass is 79.9. The summed E-state index contributed by atoms with van der Waals surface area (Å²) in [4.78, 5) is 34.7. The van der Waals surface area contributed by atoms with Gasteiger partial charge >= 0.3 is 11.2 Å². The summed E-state index contributed by atoms with van der Waals surface area (Å²) >= 11 is 3.30. The zero-order valence-corrected chi connectivity index (χ0v) is 14.0. The van der Waals surface area contributed by atoms with Gasteiger partial charge in [-0.25, -0.2) is 0 Å². The van der Waals surface area contributed by atoms with Gasteiger partial charge in [-0.2, -0.15) is 0 Å². The van der Waals surface area contributed by atoms with Crippen molar-refractivity contribution in [3.05, 3.63) is 67.0 Å². The van der Waals surface area contributed by atoms with E-state index >= 15 is 0 Å². The van der Waals surface area contributed by atoms with E-state index in [0.29, 0.717) is 11.4 Å².